The van der Waals surface area contributed by atoms with Crippen LogP contribution in [0.4, 0.5) is 4.79 Å². The van der Waals surface area contributed by atoms with Crippen LogP contribution in [0.15, 0.2) is 95.1 Å². The second-order valence-corrected chi connectivity index (χ2v) is 16.3. The number of amides is 4. The lowest BCUT2D eigenvalue weighted by molar-refractivity contribution is -0.134. The third kappa shape index (κ3) is 7.46. The second-order valence-electron chi connectivity index (χ2n) is 16.3. The number of nitrogens with zero attached hydrogens (tertiary/aromatic N) is 4. The molecular weight excluding hydrogens is 773 g/mol. The summed E-state index contributed by atoms with van der Waals surface area (Å²) in [5.74, 6) is 6.43. The maximum atomic E-state index is 14.1. The average Bonchev–Trinajstić information content (AvgIpc) is 3.93. The first kappa shape index (κ1) is 42.2. The zero-order chi connectivity index (χ0) is 43.5. The van der Waals surface area contributed by atoms with Gasteiger partial charge in [0.15, 0.2) is 0 Å². The van der Waals surface area contributed by atoms with Crippen LogP contribution in [0.2, 0.25) is 0 Å². The number of hydrogen-bond donors (Lipinski definition) is 0. The van der Waals surface area contributed by atoms with Gasteiger partial charge in [-0.05, 0) is 92.2 Å². The zero-order valence-electron chi connectivity index (χ0n) is 36.9. The van der Waals surface area contributed by atoms with E-state index >= 15 is 0 Å². The second kappa shape index (κ2) is 18.2. The number of carbonyl (C=O) groups is 3. The number of imide groups is 2. The highest BCUT2D eigenvalue weighted by atomic mass is 16.5. The van der Waals surface area contributed by atoms with E-state index in [2.05, 4.69) is 121 Å². The number of aryl methyl sites for hydroxylation is 2. The van der Waals surface area contributed by atoms with Crippen molar-refractivity contribution < 1.29 is 23.9 Å². The van der Waals surface area contributed by atoms with Crippen molar-refractivity contribution in [1.29, 1.82) is 0 Å². The third-order valence-electron chi connectivity index (χ3n) is 12.4. The van der Waals surface area contributed by atoms with E-state index in [1.807, 2.05) is 13.0 Å². The highest BCUT2D eigenvalue weighted by Crippen LogP contribution is 2.41. The molecule has 3 heterocycles. The molecule has 1 saturated carbocycles. The Kier molecular flexibility index (Phi) is 12.4. The number of unbranched alkanes of at least 4 members (excludes halogenated alkanes) is 3. The highest BCUT2D eigenvalue weighted by Gasteiger charge is 2.42. The molecule has 62 heavy (non-hydrogen) atoms. The normalized spacial score (nSPS) is 16.8. The van der Waals surface area contributed by atoms with Crippen LogP contribution < -0.4 is 20.2 Å². The van der Waals surface area contributed by atoms with E-state index in [1.54, 1.807) is 0 Å². The van der Waals surface area contributed by atoms with Crippen LogP contribution >= 0.6 is 0 Å². The van der Waals surface area contributed by atoms with Crippen molar-refractivity contribution in [3.05, 3.63) is 106 Å². The minimum Gasteiger partial charge on any atom is -0.493 e. The van der Waals surface area contributed by atoms with Crippen LogP contribution in [0.5, 0.6) is 11.5 Å². The molecule has 0 atom stereocenters. The predicted molar refractivity (Wildman–Crippen MR) is 251 cm³/mol. The summed E-state index contributed by atoms with van der Waals surface area (Å²) in [6.07, 6.45) is 15.9. The van der Waals surface area contributed by atoms with Gasteiger partial charge in [0.05, 0.1) is 6.61 Å². The molecule has 4 aromatic carbocycles. The van der Waals surface area contributed by atoms with E-state index in [4.69, 9.17) is 9.47 Å². The van der Waals surface area contributed by atoms with E-state index < -0.39 is 17.8 Å². The first-order valence-corrected chi connectivity index (χ1v) is 22.2. The van der Waals surface area contributed by atoms with Crippen LogP contribution in [-0.2, 0) is 22.7 Å². The summed E-state index contributed by atoms with van der Waals surface area (Å²) < 4.78 is 17.2. The largest absolute Gasteiger partial charge is 0.493 e. The molecule has 318 valence electrons. The highest BCUT2D eigenvalue weighted by molar-refractivity contribution is 6.29. The van der Waals surface area contributed by atoms with Gasteiger partial charge in [-0.25, -0.2) is 4.79 Å². The molecule has 0 unspecified atom stereocenters. The number of rotatable bonds is 14. The van der Waals surface area contributed by atoms with E-state index in [0.29, 0.717) is 31.6 Å². The molecule has 8 rings (SSSR count). The van der Waals surface area contributed by atoms with Gasteiger partial charge in [-0.1, -0.05) is 94.5 Å². The standard InChI is InChI=1S/C53H56N4O5/c1-7-11-31-56-41(37-17-15-19-39-45(61-33-13-9-3)29-27-43(56)48(37)39)25-23-35-21-22-36(47(35)50-51(58)54(5)53(60)55(6)52(50)59)24-26-42-38-18-16-20-40-46(62-34-14-10-4)30-28-44(49(38)40)57(42)32-12-8-2/h15-20,23-30H,7-9,11-13,21-22,31-34H2,1-6H3/b35-23+,36-24+,41-25+,42-26+. The molecule has 1 aliphatic heterocycles. The maximum absolute atomic E-state index is 14.1. The van der Waals surface area contributed by atoms with Gasteiger partial charge in [-0.3, -0.25) is 19.4 Å². The smallest absolute Gasteiger partial charge is 0.333 e. The molecule has 9 heteroatoms. The summed E-state index contributed by atoms with van der Waals surface area (Å²) in [6.45, 7) is 11.0. The van der Waals surface area contributed by atoms with E-state index in [0.717, 1.165) is 133 Å². The summed E-state index contributed by atoms with van der Waals surface area (Å²) in [7, 11) is 2.88. The fourth-order valence-corrected chi connectivity index (χ4v) is 9.17. The Labute approximate surface area is 363 Å². The SMILES string of the molecule is CC#CCOc1ccc2c3c1cccc3/c(=C\C=C1/CC/C(=C\C=c3/c4cccc5c(OCCCC)ccc(c54)n3CCCC)C1=C1C(=O)N(C)C(=O)N(C)C1=O)n2CCCC. The summed E-state index contributed by atoms with van der Waals surface area (Å²) in [5.41, 5.74) is 4.66. The molecule has 9 nitrogen and oxygen atoms in total. The number of hydrogen-bond acceptors (Lipinski definition) is 5. The third-order valence-corrected chi connectivity index (χ3v) is 12.4. The van der Waals surface area contributed by atoms with Crippen LogP contribution in [0.3, 0.4) is 0 Å². The number of ether oxygens (including phenoxy) is 2. The van der Waals surface area contributed by atoms with Crippen LogP contribution in [0, 0.1) is 11.8 Å². The van der Waals surface area contributed by atoms with Gasteiger partial charge in [0.2, 0.25) is 0 Å². The van der Waals surface area contributed by atoms with Gasteiger partial charge in [-0.2, -0.15) is 0 Å². The lowest BCUT2D eigenvalue weighted by Crippen LogP contribution is -2.53. The topological polar surface area (TPSA) is 86.0 Å². The van der Waals surface area contributed by atoms with Crippen molar-refractivity contribution in [2.45, 2.75) is 92.2 Å². The molecule has 2 aromatic heterocycles. The van der Waals surface area contributed by atoms with Crippen LogP contribution in [0.1, 0.15) is 79.1 Å². The van der Waals surface area contributed by atoms with E-state index in [9.17, 15) is 14.4 Å². The summed E-state index contributed by atoms with van der Waals surface area (Å²) in [5, 5.41) is 8.78. The fraction of sp³-hybridized carbons (Fsp3) is 0.340. The number of allylic oxidation sites excluding steroid dienone is 5. The van der Waals surface area contributed by atoms with E-state index in [-0.39, 0.29) is 5.57 Å². The summed E-state index contributed by atoms with van der Waals surface area (Å²) in [4.78, 5) is 43.3. The molecule has 1 aliphatic carbocycles. The first-order valence-electron chi connectivity index (χ1n) is 22.2. The van der Waals surface area contributed by atoms with Crippen molar-refractivity contribution in [3.8, 4) is 23.3 Å². The Morgan fingerprint density at radius 3 is 1.56 bits per heavy atom. The van der Waals surface area contributed by atoms with Gasteiger partial charge in [0.1, 0.15) is 23.7 Å². The molecule has 4 amide bonds. The number of urea groups is 1. The molecular formula is C53H56N4O5. The lowest BCUT2D eigenvalue weighted by atomic mass is 9.95. The van der Waals surface area contributed by atoms with E-state index in [1.165, 1.54) is 19.5 Å². The average molecular weight is 829 g/mol. The van der Waals surface area contributed by atoms with Gasteiger partial charge in [0.25, 0.3) is 11.8 Å². The molecule has 2 fully saturated rings. The minimum atomic E-state index is -0.641. The zero-order valence-corrected chi connectivity index (χ0v) is 36.9. The Balaban J connectivity index is 1.33. The molecule has 0 N–H and O–H groups in total. The maximum Gasteiger partial charge on any atom is 0.333 e. The number of aromatic nitrogens is 2. The van der Waals surface area contributed by atoms with Crippen LogP contribution in [0.25, 0.3) is 55.5 Å². The molecule has 0 bridgehead atoms. The van der Waals surface area contributed by atoms with Gasteiger partial charge in [-0.15, -0.1) is 5.92 Å². The van der Waals surface area contributed by atoms with Crippen molar-refractivity contribution in [2.75, 3.05) is 27.3 Å². The predicted octanol–water partition coefficient (Wildman–Crippen LogP) is 9.78. The molecule has 2 aliphatic rings. The summed E-state index contributed by atoms with van der Waals surface area (Å²) >= 11 is 0. The quantitative estimate of drug-likeness (QED) is 0.0473. The Hall–Kier alpha value is -6.53. The van der Waals surface area contributed by atoms with Crippen molar-refractivity contribution in [1.82, 2.24) is 18.9 Å². The number of carbonyl (C=O) groups excluding carboxylic acids is 3. The van der Waals surface area contributed by atoms with Crippen molar-refractivity contribution >= 4 is 73.3 Å². The van der Waals surface area contributed by atoms with Gasteiger partial charge < -0.3 is 18.6 Å². The first-order chi connectivity index (χ1) is 30.2. The molecule has 0 radical (unpaired) electrons. The Morgan fingerprint density at radius 2 is 1.08 bits per heavy atom. The fourth-order valence-electron chi connectivity index (χ4n) is 9.17. The molecule has 0 spiro atoms. The van der Waals surface area contributed by atoms with Gasteiger partial charge in [0, 0.05) is 81.2 Å². The summed E-state index contributed by atoms with van der Waals surface area (Å²) in [6, 6.07) is 20.5. The van der Waals surface area contributed by atoms with Crippen molar-refractivity contribution in [2.24, 2.45) is 0 Å². The van der Waals surface area contributed by atoms with Gasteiger partial charge >= 0.3 is 6.03 Å². The minimum absolute atomic E-state index is 0.0199. The molecule has 1 saturated heterocycles. The Bertz CT molecular complexity index is 2990. The monoisotopic (exact) mass is 828 g/mol. The number of barbiturate groups is 1. The molecule has 6 aromatic rings. The van der Waals surface area contributed by atoms with Crippen molar-refractivity contribution in [3.63, 3.8) is 0 Å². The lowest BCUT2D eigenvalue weighted by Gasteiger charge is -2.30. The Morgan fingerprint density at radius 1 is 0.597 bits per heavy atom. The van der Waals surface area contributed by atoms with Crippen LogP contribution in [-0.4, -0.2) is 64.1 Å². The number of likely N-dealkylation sites (N-methyl/N-ethyl adjacent to an activating group) is 2. The number of benzene rings is 4.